The van der Waals surface area contributed by atoms with E-state index in [1.165, 1.54) is 10.6 Å². The molecule has 4 nitrogen and oxygen atoms in total. The number of aromatic hydroxyl groups is 1. The van der Waals surface area contributed by atoms with Crippen LogP contribution in [-0.2, 0) is 0 Å². The number of hydrogen-bond donors (Lipinski definition) is 1. The monoisotopic (exact) mass is 335 g/mol. The number of fused-ring (bicyclic) bond motifs is 1. The molecule has 4 rings (SSSR count). The molecule has 2 aromatic carbocycles. The summed E-state index contributed by atoms with van der Waals surface area (Å²) in [5, 5.41) is 19.7. The zero-order valence-electron chi connectivity index (χ0n) is 12.8. The quantitative estimate of drug-likeness (QED) is 0.594. The molecule has 0 aliphatic heterocycles. The molecule has 0 amide bonds. The second-order valence-corrected chi connectivity index (χ2v) is 5.49. The van der Waals surface area contributed by atoms with Crippen LogP contribution < -0.4 is 0 Å². The molecule has 1 N–H and O–H groups in total. The number of halogens is 2. The van der Waals surface area contributed by atoms with Crippen LogP contribution in [0.2, 0.25) is 0 Å². The molecule has 0 aliphatic rings. The first-order chi connectivity index (χ1) is 12.1. The molecule has 4 aromatic rings. The number of phenolic OH excluding ortho intramolecular Hbond substituents is 1. The summed E-state index contributed by atoms with van der Waals surface area (Å²) in [6, 6.07) is 15.1. The van der Waals surface area contributed by atoms with Gasteiger partial charge in [0.05, 0.1) is 11.2 Å². The summed E-state index contributed by atoms with van der Waals surface area (Å²) in [5.41, 5.74) is 0.822. The van der Waals surface area contributed by atoms with Gasteiger partial charge in [-0.25, -0.2) is 4.39 Å². The van der Waals surface area contributed by atoms with Crippen molar-refractivity contribution in [3.05, 3.63) is 78.1 Å². The Kier molecular flexibility index (Phi) is 3.29. The van der Waals surface area contributed by atoms with Gasteiger partial charge >= 0.3 is 0 Å². The van der Waals surface area contributed by atoms with Crippen LogP contribution in [0.15, 0.2) is 60.9 Å². The number of nitriles is 1. The molecule has 0 saturated carbocycles. The molecule has 25 heavy (non-hydrogen) atoms. The van der Waals surface area contributed by atoms with E-state index in [4.69, 9.17) is 0 Å². The van der Waals surface area contributed by atoms with E-state index in [-0.39, 0.29) is 5.69 Å². The molecule has 0 atom stereocenters. The van der Waals surface area contributed by atoms with Gasteiger partial charge in [0.25, 0.3) is 0 Å². The molecule has 0 saturated heterocycles. The molecule has 122 valence electrons. The van der Waals surface area contributed by atoms with Gasteiger partial charge in [0.15, 0.2) is 11.6 Å². The Labute approximate surface area is 141 Å². The van der Waals surface area contributed by atoms with Crippen LogP contribution in [0.1, 0.15) is 5.56 Å². The SMILES string of the molecule is N#Cc1c(-n2cccc2)n(-c2ccc(O)c(F)c2F)c2ccccc12. The summed E-state index contributed by atoms with van der Waals surface area (Å²) < 4.78 is 31.6. The van der Waals surface area contributed by atoms with E-state index in [2.05, 4.69) is 6.07 Å². The fraction of sp³-hybridized carbons (Fsp3) is 0. The molecule has 0 radical (unpaired) electrons. The number of benzene rings is 2. The molecule has 2 heterocycles. The van der Waals surface area contributed by atoms with Crippen LogP contribution in [0.4, 0.5) is 8.78 Å². The van der Waals surface area contributed by atoms with Crippen molar-refractivity contribution in [1.29, 1.82) is 5.26 Å². The second kappa shape index (κ2) is 5.49. The van der Waals surface area contributed by atoms with Crippen molar-refractivity contribution < 1.29 is 13.9 Å². The zero-order chi connectivity index (χ0) is 17.6. The number of nitrogens with zero attached hydrogens (tertiary/aromatic N) is 3. The lowest BCUT2D eigenvalue weighted by Crippen LogP contribution is -2.06. The minimum Gasteiger partial charge on any atom is -0.505 e. The molecular formula is C19H11F2N3O. The first-order valence-corrected chi connectivity index (χ1v) is 7.47. The van der Waals surface area contributed by atoms with Gasteiger partial charge < -0.3 is 9.67 Å². The van der Waals surface area contributed by atoms with E-state index < -0.39 is 17.4 Å². The Balaban J connectivity index is 2.20. The lowest BCUT2D eigenvalue weighted by Gasteiger charge is -2.13. The van der Waals surface area contributed by atoms with E-state index in [0.717, 1.165) is 6.07 Å². The predicted octanol–water partition coefficient (Wildman–Crippen LogP) is 4.28. The third-order valence-electron chi connectivity index (χ3n) is 4.09. The van der Waals surface area contributed by atoms with Crippen LogP contribution in [-0.4, -0.2) is 14.2 Å². The molecule has 0 unspecified atom stereocenters. The maximum atomic E-state index is 14.6. The molecule has 2 aromatic heterocycles. The zero-order valence-corrected chi connectivity index (χ0v) is 12.8. The average Bonchev–Trinajstić information content (AvgIpc) is 3.25. The van der Waals surface area contributed by atoms with Crippen molar-refractivity contribution >= 4 is 10.9 Å². The molecule has 0 fully saturated rings. The van der Waals surface area contributed by atoms with Crippen LogP contribution in [0.5, 0.6) is 5.75 Å². The summed E-state index contributed by atoms with van der Waals surface area (Å²) in [4.78, 5) is 0. The van der Waals surface area contributed by atoms with Gasteiger partial charge in [0, 0.05) is 17.8 Å². The van der Waals surface area contributed by atoms with E-state index in [1.54, 1.807) is 53.4 Å². The van der Waals surface area contributed by atoms with Crippen molar-refractivity contribution in [1.82, 2.24) is 9.13 Å². The lowest BCUT2D eigenvalue weighted by atomic mass is 10.2. The van der Waals surface area contributed by atoms with Gasteiger partial charge in [-0.15, -0.1) is 0 Å². The van der Waals surface area contributed by atoms with Crippen LogP contribution in [0.25, 0.3) is 22.4 Å². The highest BCUT2D eigenvalue weighted by Crippen LogP contribution is 2.34. The maximum Gasteiger partial charge on any atom is 0.202 e. The van der Waals surface area contributed by atoms with Crippen molar-refractivity contribution in [2.45, 2.75) is 0 Å². The predicted molar refractivity (Wildman–Crippen MR) is 88.9 cm³/mol. The number of para-hydroxylation sites is 1. The third-order valence-corrected chi connectivity index (χ3v) is 4.09. The lowest BCUT2D eigenvalue weighted by molar-refractivity contribution is 0.406. The largest absolute Gasteiger partial charge is 0.505 e. The average molecular weight is 335 g/mol. The summed E-state index contributed by atoms with van der Waals surface area (Å²) >= 11 is 0. The molecule has 6 heteroatoms. The smallest absolute Gasteiger partial charge is 0.202 e. The van der Waals surface area contributed by atoms with Crippen molar-refractivity contribution in [3.8, 4) is 23.3 Å². The minimum atomic E-state index is -1.33. The minimum absolute atomic E-state index is 0.0864. The summed E-state index contributed by atoms with van der Waals surface area (Å²) in [7, 11) is 0. The normalized spacial score (nSPS) is 10.9. The van der Waals surface area contributed by atoms with Crippen molar-refractivity contribution in [2.75, 3.05) is 0 Å². The van der Waals surface area contributed by atoms with E-state index in [0.29, 0.717) is 22.3 Å². The maximum absolute atomic E-state index is 14.6. The van der Waals surface area contributed by atoms with E-state index >= 15 is 0 Å². The Bertz CT molecular complexity index is 1140. The molecule has 0 spiro atoms. The van der Waals surface area contributed by atoms with E-state index in [1.807, 2.05) is 0 Å². The van der Waals surface area contributed by atoms with Crippen molar-refractivity contribution in [2.24, 2.45) is 0 Å². The fourth-order valence-electron chi connectivity index (χ4n) is 3.00. The van der Waals surface area contributed by atoms with Gasteiger partial charge in [0.2, 0.25) is 5.82 Å². The number of phenols is 1. The highest BCUT2D eigenvalue weighted by molar-refractivity contribution is 5.92. The Morgan fingerprint density at radius 3 is 2.36 bits per heavy atom. The topological polar surface area (TPSA) is 53.9 Å². The first kappa shape index (κ1) is 15.0. The first-order valence-electron chi connectivity index (χ1n) is 7.47. The van der Waals surface area contributed by atoms with Crippen LogP contribution >= 0.6 is 0 Å². The summed E-state index contributed by atoms with van der Waals surface area (Å²) in [5.74, 6) is -2.87. The number of hydrogen-bond acceptors (Lipinski definition) is 2. The van der Waals surface area contributed by atoms with Gasteiger partial charge in [-0.2, -0.15) is 9.65 Å². The fourth-order valence-corrected chi connectivity index (χ4v) is 3.00. The molecule has 0 bridgehead atoms. The number of rotatable bonds is 2. The van der Waals surface area contributed by atoms with E-state index in [9.17, 15) is 19.1 Å². The Morgan fingerprint density at radius 1 is 0.920 bits per heavy atom. The highest BCUT2D eigenvalue weighted by atomic mass is 19.2. The van der Waals surface area contributed by atoms with Crippen molar-refractivity contribution in [3.63, 3.8) is 0 Å². The van der Waals surface area contributed by atoms with Crippen LogP contribution in [0.3, 0.4) is 0 Å². The molecule has 0 aliphatic carbocycles. The third kappa shape index (κ3) is 2.10. The second-order valence-electron chi connectivity index (χ2n) is 5.49. The number of aromatic nitrogens is 2. The Morgan fingerprint density at radius 2 is 1.64 bits per heavy atom. The summed E-state index contributed by atoms with van der Waals surface area (Å²) in [6.07, 6.45) is 3.44. The van der Waals surface area contributed by atoms with Gasteiger partial charge in [-0.1, -0.05) is 18.2 Å². The van der Waals surface area contributed by atoms with Crippen LogP contribution in [0, 0.1) is 23.0 Å². The molecular weight excluding hydrogens is 324 g/mol. The highest BCUT2D eigenvalue weighted by Gasteiger charge is 2.23. The van der Waals surface area contributed by atoms with Gasteiger partial charge in [0.1, 0.15) is 17.5 Å². The summed E-state index contributed by atoms with van der Waals surface area (Å²) in [6.45, 7) is 0. The van der Waals surface area contributed by atoms with Gasteiger partial charge in [-0.05, 0) is 30.3 Å². The van der Waals surface area contributed by atoms with Gasteiger partial charge in [-0.3, -0.25) is 4.57 Å². The standard InChI is InChI=1S/C19H11F2N3O/c20-17-15(7-8-16(25)18(17)21)24-14-6-2-1-5-12(14)13(11-22)19(24)23-9-3-4-10-23/h1-10,25H. The Hall–Kier alpha value is -3.59.